The lowest BCUT2D eigenvalue weighted by atomic mass is 10.0. The van der Waals surface area contributed by atoms with E-state index in [0.717, 1.165) is 6.07 Å². The maximum Gasteiger partial charge on any atom is 0.342 e. The normalized spacial score (nSPS) is 11.7. The third-order valence-corrected chi connectivity index (χ3v) is 4.52. The van der Waals surface area contributed by atoms with Crippen molar-refractivity contribution in [1.29, 1.82) is 0 Å². The van der Waals surface area contributed by atoms with Gasteiger partial charge in [0.25, 0.3) is 5.91 Å². The molecule has 0 spiro atoms. The number of anilines is 1. The van der Waals surface area contributed by atoms with Gasteiger partial charge >= 0.3 is 5.97 Å². The van der Waals surface area contributed by atoms with Crippen molar-refractivity contribution in [3.05, 3.63) is 59.1 Å². The number of hydrogen-bond acceptors (Lipinski definition) is 6. The van der Waals surface area contributed by atoms with Gasteiger partial charge in [0.15, 0.2) is 6.10 Å². The molecular weight excluding hydrogens is 398 g/mol. The first-order chi connectivity index (χ1) is 13.8. The van der Waals surface area contributed by atoms with E-state index in [0.29, 0.717) is 27.2 Å². The molecule has 0 unspecified atom stereocenters. The molecule has 0 saturated heterocycles. The van der Waals surface area contributed by atoms with Gasteiger partial charge in [-0.05, 0) is 31.2 Å². The number of ether oxygens (including phenoxy) is 2. The molecule has 150 valence electrons. The highest BCUT2D eigenvalue weighted by Crippen LogP contribution is 2.35. The van der Waals surface area contributed by atoms with Crippen LogP contribution in [0.4, 0.5) is 5.69 Å². The maximum atomic E-state index is 12.5. The number of aromatic hydroxyl groups is 2. The summed E-state index contributed by atoms with van der Waals surface area (Å²) in [6.45, 7) is 1.38. The molecule has 1 atom stereocenters. The first kappa shape index (κ1) is 20.3. The number of carbonyl (C=O) groups is 2. The fourth-order valence-corrected chi connectivity index (χ4v) is 2.96. The molecule has 0 aromatic heterocycles. The van der Waals surface area contributed by atoms with Crippen molar-refractivity contribution >= 4 is 39.9 Å². The summed E-state index contributed by atoms with van der Waals surface area (Å²) in [5.74, 6) is -1.72. The number of methoxy groups -OCH3 is 1. The van der Waals surface area contributed by atoms with Gasteiger partial charge in [-0.15, -0.1) is 0 Å². The second-order valence-corrected chi connectivity index (χ2v) is 6.66. The van der Waals surface area contributed by atoms with E-state index in [9.17, 15) is 19.8 Å². The van der Waals surface area contributed by atoms with E-state index in [1.54, 1.807) is 36.4 Å². The largest absolute Gasteiger partial charge is 0.507 e. The number of carbonyl (C=O) groups excluding carboxylic acids is 2. The molecule has 3 aromatic rings. The Balaban J connectivity index is 1.79. The van der Waals surface area contributed by atoms with Crippen molar-refractivity contribution in [2.75, 3.05) is 12.4 Å². The minimum atomic E-state index is -1.20. The first-order valence-electron chi connectivity index (χ1n) is 8.61. The molecule has 8 heteroatoms. The highest BCUT2D eigenvalue weighted by molar-refractivity contribution is 6.31. The fourth-order valence-electron chi connectivity index (χ4n) is 2.79. The number of phenols is 2. The molecular formula is C21H18ClNO6. The Hall–Kier alpha value is -3.45. The van der Waals surface area contributed by atoms with E-state index in [1.165, 1.54) is 20.1 Å². The Labute approximate surface area is 171 Å². The van der Waals surface area contributed by atoms with Crippen LogP contribution in [0.15, 0.2) is 48.5 Å². The molecule has 0 bridgehead atoms. The van der Waals surface area contributed by atoms with Crippen molar-refractivity contribution in [1.82, 2.24) is 0 Å². The van der Waals surface area contributed by atoms with Gasteiger partial charge in [0.2, 0.25) is 0 Å². The number of hydrogen-bond donors (Lipinski definition) is 3. The van der Waals surface area contributed by atoms with E-state index in [-0.39, 0.29) is 17.1 Å². The average Bonchev–Trinajstić information content (AvgIpc) is 2.70. The Bertz CT molecular complexity index is 1100. The summed E-state index contributed by atoms with van der Waals surface area (Å²) < 4.78 is 10.3. The first-order valence-corrected chi connectivity index (χ1v) is 8.98. The number of nitrogens with one attached hydrogen (secondary N) is 1. The summed E-state index contributed by atoms with van der Waals surface area (Å²) in [6, 6.07) is 12.3. The van der Waals surface area contributed by atoms with Crippen molar-refractivity contribution in [3.8, 4) is 17.2 Å². The molecule has 0 fully saturated rings. The van der Waals surface area contributed by atoms with E-state index in [1.807, 2.05) is 0 Å². The third kappa shape index (κ3) is 4.20. The zero-order valence-electron chi connectivity index (χ0n) is 15.6. The van der Waals surface area contributed by atoms with Crippen LogP contribution >= 0.6 is 11.6 Å². The molecule has 3 N–H and O–H groups in total. The van der Waals surface area contributed by atoms with E-state index in [4.69, 9.17) is 21.1 Å². The van der Waals surface area contributed by atoms with E-state index >= 15 is 0 Å². The zero-order chi connectivity index (χ0) is 21.1. The second-order valence-electron chi connectivity index (χ2n) is 6.22. The van der Waals surface area contributed by atoms with Gasteiger partial charge in [-0.3, -0.25) is 4.79 Å². The highest BCUT2D eigenvalue weighted by atomic mass is 35.5. The Morgan fingerprint density at radius 3 is 2.45 bits per heavy atom. The van der Waals surface area contributed by atoms with Crippen LogP contribution in [0.2, 0.25) is 5.02 Å². The van der Waals surface area contributed by atoms with Crippen molar-refractivity contribution in [3.63, 3.8) is 0 Å². The van der Waals surface area contributed by atoms with Gasteiger partial charge in [0, 0.05) is 15.8 Å². The molecule has 7 nitrogen and oxygen atoms in total. The molecule has 0 aliphatic rings. The predicted molar refractivity (Wildman–Crippen MR) is 109 cm³/mol. The number of rotatable bonds is 5. The van der Waals surface area contributed by atoms with Gasteiger partial charge in [-0.2, -0.15) is 0 Å². The molecule has 0 saturated carbocycles. The smallest absolute Gasteiger partial charge is 0.342 e. The summed E-state index contributed by atoms with van der Waals surface area (Å²) in [5, 5.41) is 24.2. The molecule has 0 aliphatic carbocycles. The van der Waals surface area contributed by atoms with Crippen LogP contribution in [0.5, 0.6) is 17.2 Å². The van der Waals surface area contributed by atoms with Gasteiger partial charge in [0.1, 0.15) is 22.8 Å². The Kier molecular flexibility index (Phi) is 5.79. The number of fused-ring (bicyclic) bond motifs is 1. The number of esters is 1. The standard InChI is InChI=1S/C21H18ClNO6/c1-11(20(26)23-16-9-12(22)7-8-18(16)28-2)29-21(27)15-10-17(24)13-5-3-4-6-14(13)19(15)25/h3-11,24-25H,1-2H3,(H,23,26)/t11-/m0/s1. The summed E-state index contributed by atoms with van der Waals surface area (Å²) in [5.41, 5.74) is 0.0697. The molecule has 1 amide bonds. The van der Waals surface area contributed by atoms with Gasteiger partial charge in [-0.1, -0.05) is 35.9 Å². The molecule has 29 heavy (non-hydrogen) atoms. The molecule has 0 heterocycles. The number of halogens is 1. The van der Waals surface area contributed by atoms with Crippen LogP contribution < -0.4 is 10.1 Å². The summed E-state index contributed by atoms with van der Waals surface area (Å²) in [4.78, 5) is 24.9. The lowest BCUT2D eigenvalue weighted by Crippen LogP contribution is -2.30. The fraction of sp³-hybridized carbons (Fsp3) is 0.143. The van der Waals surface area contributed by atoms with Crippen molar-refractivity contribution < 1.29 is 29.3 Å². The lowest BCUT2D eigenvalue weighted by molar-refractivity contribution is -0.123. The van der Waals surface area contributed by atoms with Crippen LogP contribution in [-0.2, 0) is 9.53 Å². The molecule has 3 aromatic carbocycles. The number of benzene rings is 3. The van der Waals surface area contributed by atoms with Crippen LogP contribution in [0.25, 0.3) is 10.8 Å². The summed E-state index contributed by atoms with van der Waals surface area (Å²) in [6.07, 6.45) is -1.20. The van der Waals surface area contributed by atoms with Crippen molar-refractivity contribution in [2.24, 2.45) is 0 Å². The van der Waals surface area contributed by atoms with E-state index < -0.39 is 18.0 Å². The van der Waals surface area contributed by atoms with Crippen LogP contribution in [0, 0.1) is 0 Å². The van der Waals surface area contributed by atoms with Gasteiger partial charge < -0.3 is 25.0 Å². The van der Waals surface area contributed by atoms with Crippen LogP contribution in [0.1, 0.15) is 17.3 Å². The van der Waals surface area contributed by atoms with E-state index in [2.05, 4.69) is 5.32 Å². The minimum absolute atomic E-state index is 0.189. The maximum absolute atomic E-state index is 12.5. The average molecular weight is 416 g/mol. The summed E-state index contributed by atoms with van der Waals surface area (Å²) in [7, 11) is 1.44. The number of amides is 1. The predicted octanol–water partition coefficient (Wildman–Crippen LogP) is 4.10. The molecule has 3 rings (SSSR count). The minimum Gasteiger partial charge on any atom is -0.507 e. The second kappa shape index (κ2) is 8.28. The summed E-state index contributed by atoms with van der Waals surface area (Å²) >= 11 is 5.94. The molecule has 0 aliphatic heterocycles. The Morgan fingerprint density at radius 1 is 1.07 bits per heavy atom. The monoisotopic (exact) mass is 415 g/mol. The zero-order valence-corrected chi connectivity index (χ0v) is 16.4. The van der Waals surface area contributed by atoms with Crippen molar-refractivity contribution in [2.45, 2.75) is 13.0 Å². The lowest BCUT2D eigenvalue weighted by Gasteiger charge is -2.16. The quantitative estimate of drug-likeness (QED) is 0.428. The Morgan fingerprint density at radius 2 is 1.76 bits per heavy atom. The van der Waals surface area contributed by atoms with Crippen LogP contribution in [-0.4, -0.2) is 35.3 Å². The number of phenolic OH excluding ortho intramolecular Hbond substituents is 2. The van der Waals surface area contributed by atoms with Gasteiger partial charge in [0.05, 0.1) is 12.8 Å². The topological polar surface area (TPSA) is 105 Å². The van der Waals surface area contributed by atoms with Crippen LogP contribution in [0.3, 0.4) is 0 Å². The SMILES string of the molecule is COc1ccc(Cl)cc1NC(=O)[C@H](C)OC(=O)c1cc(O)c2ccccc2c1O. The van der Waals surface area contributed by atoms with Gasteiger partial charge in [-0.25, -0.2) is 4.79 Å². The molecule has 0 radical (unpaired) electrons. The highest BCUT2D eigenvalue weighted by Gasteiger charge is 2.24. The third-order valence-electron chi connectivity index (χ3n) is 4.29.